The second-order valence-corrected chi connectivity index (χ2v) is 7.85. The molecule has 0 aliphatic heterocycles. The van der Waals surface area contributed by atoms with E-state index in [2.05, 4.69) is 40.5 Å². The number of thiophene rings is 1. The number of anilines is 1. The first-order valence-corrected chi connectivity index (χ1v) is 10.2. The number of esters is 1. The predicted molar refractivity (Wildman–Crippen MR) is 117 cm³/mol. The normalized spacial score (nSPS) is 11.0. The molecule has 3 rings (SSSR count). The highest BCUT2D eigenvalue weighted by Crippen LogP contribution is 2.33. The lowest BCUT2D eigenvalue weighted by atomic mass is 10.1. The summed E-state index contributed by atoms with van der Waals surface area (Å²) in [6.45, 7) is 3.05. The smallest absolute Gasteiger partial charge is 0.341 e. The van der Waals surface area contributed by atoms with Gasteiger partial charge in [-0.25, -0.2) is 4.79 Å². The van der Waals surface area contributed by atoms with E-state index in [9.17, 15) is 9.59 Å². The van der Waals surface area contributed by atoms with E-state index in [1.807, 2.05) is 19.2 Å². The average Bonchev–Trinajstić information content (AvgIpc) is 3.03. The van der Waals surface area contributed by atoms with Gasteiger partial charge in [-0.05, 0) is 36.4 Å². The van der Waals surface area contributed by atoms with Gasteiger partial charge >= 0.3 is 5.97 Å². The molecule has 0 aliphatic carbocycles. The van der Waals surface area contributed by atoms with Crippen LogP contribution in [0.5, 0.6) is 0 Å². The van der Waals surface area contributed by atoms with Gasteiger partial charge in [-0.15, -0.1) is 11.3 Å². The van der Waals surface area contributed by atoms with Gasteiger partial charge < -0.3 is 15.8 Å². The number of benzene rings is 2. The average molecular weight is 412 g/mol. The Morgan fingerprint density at radius 3 is 2.55 bits per heavy atom. The molecule has 3 N–H and O–H groups in total. The van der Waals surface area contributed by atoms with Gasteiger partial charge in [0.2, 0.25) is 0 Å². The van der Waals surface area contributed by atoms with Crippen molar-refractivity contribution in [3.05, 3.63) is 64.0 Å². The van der Waals surface area contributed by atoms with Crippen molar-refractivity contribution < 1.29 is 14.3 Å². The van der Waals surface area contributed by atoms with Crippen molar-refractivity contribution >= 4 is 39.0 Å². The fourth-order valence-electron chi connectivity index (χ4n) is 3.33. The van der Waals surface area contributed by atoms with E-state index in [0.29, 0.717) is 34.1 Å². The van der Waals surface area contributed by atoms with Gasteiger partial charge in [0.05, 0.1) is 17.0 Å². The zero-order chi connectivity index (χ0) is 21.0. The molecule has 1 heterocycles. The first kappa shape index (κ1) is 20.8. The van der Waals surface area contributed by atoms with Gasteiger partial charge in [-0.1, -0.05) is 36.4 Å². The second kappa shape index (κ2) is 9.07. The fraction of sp³-hybridized carbons (Fsp3) is 0.273. The molecular weight excluding hydrogens is 386 g/mol. The first-order chi connectivity index (χ1) is 13.9. The first-order valence-electron chi connectivity index (χ1n) is 9.41. The van der Waals surface area contributed by atoms with Crippen LogP contribution in [0.15, 0.2) is 42.5 Å². The molecule has 7 heteroatoms. The molecule has 1 amide bonds. The van der Waals surface area contributed by atoms with Crippen LogP contribution in [0.25, 0.3) is 10.8 Å². The maximum atomic E-state index is 12.5. The largest absolute Gasteiger partial charge is 0.462 e. The second-order valence-electron chi connectivity index (χ2n) is 6.80. The van der Waals surface area contributed by atoms with E-state index in [0.717, 1.165) is 16.9 Å². The number of nitrogens with one attached hydrogen (secondary N) is 1. The molecule has 152 valence electrons. The van der Waals surface area contributed by atoms with Crippen molar-refractivity contribution in [3.63, 3.8) is 0 Å². The minimum Gasteiger partial charge on any atom is -0.462 e. The number of hydrogen-bond donors (Lipinski definition) is 2. The van der Waals surface area contributed by atoms with Gasteiger partial charge in [0.25, 0.3) is 5.91 Å². The number of rotatable bonds is 7. The Hall–Kier alpha value is -2.90. The third-order valence-corrected chi connectivity index (χ3v) is 5.70. The van der Waals surface area contributed by atoms with Crippen molar-refractivity contribution in [2.45, 2.75) is 20.0 Å². The number of nitrogens with two attached hydrogens (primary N) is 1. The van der Waals surface area contributed by atoms with E-state index in [-0.39, 0.29) is 12.5 Å². The van der Waals surface area contributed by atoms with Gasteiger partial charge in [0.1, 0.15) is 5.00 Å². The van der Waals surface area contributed by atoms with Crippen LogP contribution in [-0.2, 0) is 17.8 Å². The van der Waals surface area contributed by atoms with Gasteiger partial charge in [-0.3, -0.25) is 9.69 Å². The Balaban J connectivity index is 1.88. The van der Waals surface area contributed by atoms with Crippen LogP contribution in [0.4, 0.5) is 5.00 Å². The lowest BCUT2D eigenvalue weighted by molar-refractivity contribution is 0.0526. The summed E-state index contributed by atoms with van der Waals surface area (Å²) in [6, 6.07) is 14.5. The zero-order valence-corrected chi connectivity index (χ0v) is 17.6. The third kappa shape index (κ3) is 4.58. The Morgan fingerprint density at radius 1 is 1.14 bits per heavy atom. The summed E-state index contributed by atoms with van der Waals surface area (Å²) < 4.78 is 5.16. The molecule has 0 saturated heterocycles. The molecule has 29 heavy (non-hydrogen) atoms. The maximum Gasteiger partial charge on any atom is 0.341 e. The minimum absolute atomic E-state index is 0.246. The summed E-state index contributed by atoms with van der Waals surface area (Å²) in [7, 11) is 3.51. The molecule has 0 spiro atoms. The van der Waals surface area contributed by atoms with Crippen LogP contribution in [0.2, 0.25) is 0 Å². The lowest BCUT2D eigenvalue weighted by Gasteiger charge is -2.18. The van der Waals surface area contributed by atoms with Gasteiger partial charge in [0.15, 0.2) is 0 Å². The highest BCUT2D eigenvalue weighted by molar-refractivity contribution is 7.18. The molecular formula is C22H25N3O3S. The highest BCUT2D eigenvalue weighted by atomic mass is 32.1. The summed E-state index contributed by atoms with van der Waals surface area (Å²) in [4.78, 5) is 27.3. The molecule has 3 aromatic rings. The molecule has 0 bridgehead atoms. The molecule has 0 unspecified atom stereocenters. The maximum absolute atomic E-state index is 12.5. The number of carbonyl (C=O) groups excluding carboxylic acids is 2. The number of fused-ring (bicyclic) bond motifs is 1. The van der Waals surface area contributed by atoms with Crippen molar-refractivity contribution in [2.75, 3.05) is 26.4 Å². The number of hydrogen-bond acceptors (Lipinski definition) is 6. The Labute approximate surface area is 174 Å². The Bertz CT molecular complexity index is 1040. The van der Waals surface area contributed by atoms with Crippen molar-refractivity contribution in [1.29, 1.82) is 0 Å². The third-order valence-electron chi connectivity index (χ3n) is 4.64. The molecule has 0 fully saturated rings. The predicted octanol–water partition coefficient (Wildman–Crippen LogP) is 3.65. The molecule has 2 aromatic carbocycles. The SMILES string of the molecule is CCOC(=O)c1c(N)sc(C(=O)NC)c1CN(C)Cc1ccc2ccccc2c1. The molecule has 0 saturated carbocycles. The number of carbonyl (C=O) groups is 2. The standard InChI is InChI=1S/C22H25N3O3S/c1-4-28-22(27)18-17(19(21(26)24-2)29-20(18)23)13-25(3)12-14-9-10-15-7-5-6-8-16(15)11-14/h5-11H,4,12-13,23H2,1-3H3,(H,24,26). The monoisotopic (exact) mass is 411 g/mol. The minimum atomic E-state index is -0.495. The van der Waals surface area contributed by atoms with Crippen LogP contribution in [-0.4, -0.2) is 37.5 Å². The number of nitrogens with zero attached hydrogens (tertiary/aromatic N) is 1. The molecule has 6 nitrogen and oxygen atoms in total. The van der Waals surface area contributed by atoms with E-state index in [4.69, 9.17) is 10.5 Å². The van der Waals surface area contributed by atoms with E-state index in [1.165, 1.54) is 10.8 Å². The van der Waals surface area contributed by atoms with Crippen LogP contribution in [0.3, 0.4) is 0 Å². The summed E-state index contributed by atoms with van der Waals surface area (Å²) in [5.74, 6) is -0.753. The van der Waals surface area contributed by atoms with E-state index < -0.39 is 5.97 Å². The number of amides is 1. The van der Waals surface area contributed by atoms with E-state index in [1.54, 1.807) is 14.0 Å². The Kier molecular flexibility index (Phi) is 6.51. The molecule has 0 aliphatic rings. The van der Waals surface area contributed by atoms with Crippen molar-refractivity contribution in [1.82, 2.24) is 10.2 Å². The van der Waals surface area contributed by atoms with Crippen LogP contribution < -0.4 is 11.1 Å². The van der Waals surface area contributed by atoms with Gasteiger partial charge in [0, 0.05) is 25.7 Å². The molecule has 0 radical (unpaired) electrons. The lowest BCUT2D eigenvalue weighted by Crippen LogP contribution is -2.23. The topological polar surface area (TPSA) is 84.7 Å². The summed E-state index contributed by atoms with van der Waals surface area (Å²) in [6.07, 6.45) is 0. The fourth-order valence-corrected chi connectivity index (χ4v) is 4.35. The summed E-state index contributed by atoms with van der Waals surface area (Å²) in [5.41, 5.74) is 8.12. The van der Waals surface area contributed by atoms with Crippen LogP contribution >= 0.6 is 11.3 Å². The molecule has 0 atom stereocenters. The Morgan fingerprint density at radius 2 is 1.86 bits per heavy atom. The van der Waals surface area contributed by atoms with Crippen LogP contribution in [0, 0.1) is 0 Å². The molecule has 1 aromatic heterocycles. The van der Waals surface area contributed by atoms with Gasteiger partial charge in [-0.2, -0.15) is 0 Å². The van der Waals surface area contributed by atoms with Crippen LogP contribution in [0.1, 0.15) is 38.1 Å². The summed E-state index contributed by atoms with van der Waals surface area (Å²) in [5, 5.41) is 5.29. The summed E-state index contributed by atoms with van der Waals surface area (Å²) >= 11 is 1.12. The number of nitrogen functional groups attached to an aromatic ring is 1. The quantitative estimate of drug-likeness (QED) is 0.580. The zero-order valence-electron chi connectivity index (χ0n) is 16.8. The highest BCUT2D eigenvalue weighted by Gasteiger charge is 2.27. The van der Waals surface area contributed by atoms with Crippen molar-refractivity contribution in [2.24, 2.45) is 0 Å². The van der Waals surface area contributed by atoms with E-state index >= 15 is 0 Å². The van der Waals surface area contributed by atoms with Crippen molar-refractivity contribution in [3.8, 4) is 0 Å². The number of ether oxygens (including phenoxy) is 1.